The summed E-state index contributed by atoms with van der Waals surface area (Å²) in [6.07, 6.45) is 1.71. The van der Waals surface area contributed by atoms with Crippen molar-refractivity contribution in [2.45, 2.75) is 59.9 Å². The van der Waals surface area contributed by atoms with Gasteiger partial charge in [-0.3, -0.25) is 9.59 Å². The number of nitrogens with one attached hydrogen (secondary N) is 1. The van der Waals surface area contributed by atoms with E-state index in [0.29, 0.717) is 24.8 Å². The van der Waals surface area contributed by atoms with Gasteiger partial charge in [-0.15, -0.1) is 0 Å². The van der Waals surface area contributed by atoms with Gasteiger partial charge < -0.3 is 16.2 Å². The summed E-state index contributed by atoms with van der Waals surface area (Å²) in [5, 5.41) is 11.9. The van der Waals surface area contributed by atoms with E-state index in [-0.39, 0.29) is 24.2 Å². The van der Waals surface area contributed by atoms with Crippen LogP contribution in [0.3, 0.4) is 0 Å². The number of carbonyl (C=O) groups is 2. The number of hydrogen-bond donors (Lipinski definition) is 3. The van der Waals surface area contributed by atoms with E-state index in [1.807, 2.05) is 13.8 Å². The molecule has 0 saturated carbocycles. The zero-order valence-corrected chi connectivity index (χ0v) is 14.1. The molecule has 0 aromatic heterocycles. The molecule has 5 nitrogen and oxygen atoms in total. The summed E-state index contributed by atoms with van der Waals surface area (Å²) in [5.74, 6) is -0.0399. The quantitative estimate of drug-likeness (QED) is 0.577. The number of rotatable bonds is 10. The highest BCUT2D eigenvalue weighted by Gasteiger charge is 2.25. The summed E-state index contributed by atoms with van der Waals surface area (Å²) >= 11 is 0. The third-order valence-corrected chi connectivity index (χ3v) is 4.32. The fraction of sp³-hybridized carbons (Fsp3) is 0.875. The van der Waals surface area contributed by atoms with Gasteiger partial charge in [0.1, 0.15) is 0 Å². The van der Waals surface area contributed by atoms with Crippen LogP contribution in [-0.4, -0.2) is 29.6 Å². The van der Waals surface area contributed by atoms with Crippen molar-refractivity contribution in [3.8, 4) is 0 Å². The van der Waals surface area contributed by atoms with Crippen LogP contribution < -0.4 is 11.1 Å². The van der Waals surface area contributed by atoms with Gasteiger partial charge in [0.15, 0.2) is 0 Å². The van der Waals surface area contributed by atoms with Crippen molar-refractivity contribution in [2.75, 3.05) is 6.54 Å². The van der Waals surface area contributed by atoms with Crippen molar-refractivity contribution in [2.24, 2.45) is 29.4 Å². The second kappa shape index (κ2) is 9.77. The molecule has 4 unspecified atom stereocenters. The van der Waals surface area contributed by atoms with Gasteiger partial charge in [-0.1, -0.05) is 41.0 Å². The van der Waals surface area contributed by atoms with Crippen molar-refractivity contribution in [3.63, 3.8) is 0 Å². The zero-order valence-electron chi connectivity index (χ0n) is 14.1. The second-order valence-electron chi connectivity index (χ2n) is 6.58. The Bertz CT molecular complexity index is 331. The molecule has 0 rings (SSSR count). The summed E-state index contributed by atoms with van der Waals surface area (Å²) in [7, 11) is 0. The van der Waals surface area contributed by atoms with Crippen LogP contribution in [0.5, 0.6) is 0 Å². The zero-order chi connectivity index (χ0) is 16.6. The van der Waals surface area contributed by atoms with Crippen LogP contribution >= 0.6 is 0 Å². The lowest BCUT2D eigenvalue weighted by atomic mass is 9.80. The van der Waals surface area contributed by atoms with Crippen LogP contribution in [0.15, 0.2) is 0 Å². The molecule has 0 aliphatic heterocycles. The third-order valence-electron chi connectivity index (χ3n) is 4.32. The van der Waals surface area contributed by atoms with E-state index in [4.69, 9.17) is 10.8 Å². The van der Waals surface area contributed by atoms with Crippen molar-refractivity contribution >= 4 is 11.9 Å². The molecular formula is C16H32N2O3. The summed E-state index contributed by atoms with van der Waals surface area (Å²) in [5.41, 5.74) is 5.84. The highest BCUT2D eigenvalue weighted by Crippen LogP contribution is 2.25. The molecular weight excluding hydrogens is 268 g/mol. The molecule has 0 fully saturated rings. The normalized spacial score (nSPS) is 17.1. The van der Waals surface area contributed by atoms with E-state index in [2.05, 4.69) is 26.1 Å². The number of aliphatic carboxylic acids is 1. The Morgan fingerprint density at radius 2 is 1.76 bits per heavy atom. The van der Waals surface area contributed by atoms with Crippen molar-refractivity contribution in [3.05, 3.63) is 0 Å². The van der Waals surface area contributed by atoms with Gasteiger partial charge in [0, 0.05) is 6.54 Å². The van der Waals surface area contributed by atoms with E-state index in [1.165, 1.54) is 0 Å². The van der Waals surface area contributed by atoms with Crippen molar-refractivity contribution in [1.82, 2.24) is 5.32 Å². The van der Waals surface area contributed by atoms with E-state index in [1.54, 1.807) is 0 Å². The van der Waals surface area contributed by atoms with Gasteiger partial charge in [-0.25, -0.2) is 0 Å². The first kappa shape index (κ1) is 19.9. The molecule has 0 heterocycles. The SMILES string of the molecule is CCC(C)C(C)C(CNC(=O)C(N)CC(C)C)CC(=O)O. The van der Waals surface area contributed by atoms with Crippen LogP contribution in [0.4, 0.5) is 0 Å². The number of amides is 1. The van der Waals surface area contributed by atoms with Gasteiger partial charge in [-0.05, 0) is 30.1 Å². The largest absolute Gasteiger partial charge is 0.481 e. The molecule has 0 spiro atoms. The van der Waals surface area contributed by atoms with Gasteiger partial charge in [-0.2, -0.15) is 0 Å². The maximum Gasteiger partial charge on any atom is 0.303 e. The lowest BCUT2D eigenvalue weighted by Crippen LogP contribution is -2.44. The molecule has 0 aromatic carbocycles. The van der Waals surface area contributed by atoms with Crippen LogP contribution in [0, 0.1) is 23.7 Å². The molecule has 4 N–H and O–H groups in total. The average Bonchev–Trinajstić information content (AvgIpc) is 2.39. The van der Waals surface area contributed by atoms with Gasteiger partial charge >= 0.3 is 5.97 Å². The van der Waals surface area contributed by atoms with Crippen molar-refractivity contribution in [1.29, 1.82) is 0 Å². The molecule has 0 radical (unpaired) electrons. The predicted molar refractivity (Wildman–Crippen MR) is 84.8 cm³/mol. The Morgan fingerprint density at radius 1 is 1.19 bits per heavy atom. The predicted octanol–water partition coefficient (Wildman–Crippen LogP) is 2.25. The Labute approximate surface area is 128 Å². The molecule has 4 atom stereocenters. The first-order chi connectivity index (χ1) is 9.68. The van der Waals surface area contributed by atoms with E-state index in [0.717, 1.165) is 6.42 Å². The smallest absolute Gasteiger partial charge is 0.303 e. The summed E-state index contributed by atoms with van der Waals surface area (Å²) < 4.78 is 0. The topological polar surface area (TPSA) is 92.4 Å². The molecule has 1 amide bonds. The maximum atomic E-state index is 11.9. The standard InChI is InChI=1S/C16H32N2O3/c1-6-11(4)12(5)13(8-15(19)20)9-18-16(21)14(17)7-10(2)3/h10-14H,6-9,17H2,1-5H3,(H,18,21)(H,19,20). The third kappa shape index (κ3) is 8.05. The van der Waals surface area contributed by atoms with E-state index in [9.17, 15) is 9.59 Å². The molecule has 5 heteroatoms. The highest BCUT2D eigenvalue weighted by atomic mass is 16.4. The van der Waals surface area contributed by atoms with Crippen molar-refractivity contribution < 1.29 is 14.7 Å². The number of carbonyl (C=O) groups excluding carboxylic acids is 1. The number of carboxylic acid groups (broad SMARTS) is 1. The van der Waals surface area contributed by atoms with Crippen LogP contribution in [0.2, 0.25) is 0 Å². The summed E-state index contributed by atoms with van der Waals surface area (Å²) in [6, 6.07) is -0.519. The molecule has 0 bridgehead atoms. The fourth-order valence-electron chi connectivity index (χ4n) is 2.48. The summed E-state index contributed by atoms with van der Waals surface area (Å²) in [6.45, 7) is 10.7. The minimum atomic E-state index is -0.823. The first-order valence-electron chi connectivity index (χ1n) is 7.94. The molecule has 0 aliphatic carbocycles. The molecule has 124 valence electrons. The van der Waals surface area contributed by atoms with E-state index < -0.39 is 12.0 Å². The molecule has 0 aliphatic rings. The number of carboxylic acids is 1. The Morgan fingerprint density at radius 3 is 2.19 bits per heavy atom. The number of nitrogens with two attached hydrogens (primary N) is 1. The molecule has 21 heavy (non-hydrogen) atoms. The average molecular weight is 300 g/mol. The monoisotopic (exact) mass is 300 g/mol. The molecule has 0 aromatic rings. The van der Waals surface area contributed by atoms with Crippen LogP contribution in [0.25, 0.3) is 0 Å². The Balaban J connectivity index is 4.54. The highest BCUT2D eigenvalue weighted by molar-refractivity contribution is 5.81. The lowest BCUT2D eigenvalue weighted by Gasteiger charge is -2.28. The van der Waals surface area contributed by atoms with Crippen LogP contribution in [-0.2, 0) is 9.59 Å². The minimum Gasteiger partial charge on any atom is -0.481 e. The lowest BCUT2D eigenvalue weighted by molar-refractivity contribution is -0.139. The molecule has 0 saturated heterocycles. The minimum absolute atomic E-state index is 0.0624. The maximum absolute atomic E-state index is 11.9. The fourth-order valence-corrected chi connectivity index (χ4v) is 2.48. The van der Waals surface area contributed by atoms with Gasteiger partial charge in [0.05, 0.1) is 12.5 Å². The van der Waals surface area contributed by atoms with Crippen LogP contribution in [0.1, 0.15) is 53.9 Å². The van der Waals surface area contributed by atoms with Gasteiger partial charge in [0.2, 0.25) is 5.91 Å². The Kier molecular flexibility index (Phi) is 9.26. The number of hydrogen-bond acceptors (Lipinski definition) is 3. The second-order valence-corrected chi connectivity index (χ2v) is 6.58. The Hall–Kier alpha value is -1.10. The van der Waals surface area contributed by atoms with E-state index >= 15 is 0 Å². The first-order valence-corrected chi connectivity index (χ1v) is 7.94. The summed E-state index contributed by atoms with van der Waals surface area (Å²) in [4.78, 5) is 23.0. The van der Waals surface area contributed by atoms with Gasteiger partial charge in [0.25, 0.3) is 0 Å².